The van der Waals surface area contributed by atoms with Gasteiger partial charge < -0.3 is 19.3 Å². The summed E-state index contributed by atoms with van der Waals surface area (Å²) >= 11 is 0. The summed E-state index contributed by atoms with van der Waals surface area (Å²) < 4.78 is 10.9. The van der Waals surface area contributed by atoms with Crippen molar-refractivity contribution in [3.63, 3.8) is 0 Å². The smallest absolute Gasteiger partial charge is 0.228 e. The Morgan fingerprint density at radius 3 is 2.63 bits per heavy atom. The van der Waals surface area contributed by atoms with E-state index in [0.29, 0.717) is 18.9 Å². The summed E-state index contributed by atoms with van der Waals surface area (Å²) in [7, 11) is 1.65. The molecule has 0 radical (unpaired) electrons. The lowest BCUT2D eigenvalue weighted by atomic mass is 10.0. The molecule has 0 bridgehead atoms. The van der Waals surface area contributed by atoms with E-state index < -0.39 is 0 Å². The molecule has 2 aromatic rings. The zero-order valence-electron chi connectivity index (χ0n) is 17.5. The SMILES string of the molecule is CCOc1ccccc1N1CC(C(=O)N2CCCC2c2ccc(OC)cc2)CC1=O. The minimum Gasteiger partial charge on any atom is -0.497 e. The van der Waals surface area contributed by atoms with Crippen LogP contribution < -0.4 is 14.4 Å². The standard InChI is InChI=1S/C24H28N2O4/c1-3-30-22-9-5-4-7-21(22)26-16-18(15-23(26)27)24(28)25-14-6-8-20(25)17-10-12-19(29-2)13-11-17/h4-5,7,9-13,18,20H,3,6,8,14-16H2,1-2H3. The quantitative estimate of drug-likeness (QED) is 0.729. The number of methoxy groups -OCH3 is 1. The van der Waals surface area contributed by atoms with Gasteiger partial charge in [0.1, 0.15) is 11.5 Å². The molecule has 2 atom stereocenters. The Balaban J connectivity index is 1.50. The summed E-state index contributed by atoms with van der Waals surface area (Å²) in [5.41, 5.74) is 1.86. The molecule has 30 heavy (non-hydrogen) atoms. The van der Waals surface area contributed by atoms with Gasteiger partial charge in [-0.25, -0.2) is 0 Å². The molecule has 2 unspecified atom stereocenters. The van der Waals surface area contributed by atoms with Gasteiger partial charge in [0.25, 0.3) is 0 Å². The molecular formula is C24H28N2O4. The molecular weight excluding hydrogens is 380 g/mol. The molecule has 0 aromatic heterocycles. The van der Waals surface area contributed by atoms with Crippen LogP contribution >= 0.6 is 0 Å². The molecule has 2 aromatic carbocycles. The Morgan fingerprint density at radius 2 is 1.90 bits per heavy atom. The summed E-state index contributed by atoms with van der Waals surface area (Å²) in [6.07, 6.45) is 2.15. The van der Waals surface area contributed by atoms with Gasteiger partial charge in [-0.1, -0.05) is 24.3 Å². The lowest BCUT2D eigenvalue weighted by Crippen LogP contribution is -2.37. The van der Waals surface area contributed by atoms with Crippen LogP contribution in [-0.4, -0.2) is 43.5 Å². The summed E-state index contributed by atoms with van der Waals surface area (Å²) in [5, 5.41) is 0. The number of ether oxygens (including phenoxy) is 2. The Kier molecular flexibility index (Phi) is 5.93. The van der Waals surface area contributed by atoms with Crippen LogP contribution in [0.25, 0.3) is 0 Å². The predicted molar refractivity (Wildman–Crippen MR) is 115 cm³/mol. The largest absolute Gasteiger partial charge is 0.497 e. The molecule has 2 heterocycles. The number of hydrogen-bond donors (Lipinski definition) is 0. The van der Waals surface area contributed by atoms with Crippen LogP contribution in [0, 0.1) is 5.92 Å². The predicted octanol–water partition coefficient (Wildman–Crippen LogP) is 3.81. The van der Waals surface area contributed by atoms with Crippen LogP contribution in [0.5, 0.6) is 11.5 Å². The first-order valence-corrected chi connectivity index (χ1v) is 10.6. The van der Waals surface area contributed by atoms with E-state index >= 15 is 0 Å². The van der Waals surface area contributed by atoms with Gasteiger partial charge >= 0.3 is 0 Å². The molecule has 2 amide bonds. The van der Waals surface area contributed by atoms with Crippen LogP contribution in [-0.2, 0) is 9.59 Å². The maximum atomic E-state index is 13.4. The number of nitrogens with zero attached hydrogens (tertiary/aromatic N) is 2. The molecule has 0 saturated carbocycles. The van der Waals surface area contributed by atoms with E-state index in [1.165, 1.54) is 0 Å². The van der Waals surface area contributed by atoms with Crippen LogP contribution in [0.1, 0.15) is 37.8 Å². The van der Waals surface area contributed by atoms with Gasteiger partial charge in [-0.3, -0.25) is 9.59 Å². The van der Waals surface area contributed by atoms with E-state index in [-0.39, 0.29) is 30.2 Å². The number of amides is 2. The van der Waals surface area contributed by atoms with Gasteiger partial charge in [0, 0.05) is 19.5 Å². The summed E-state index contributed by atoms with van der Waals surface area (Å²) in [6.45, 7) is 3.57. The van der Waals surface area contributed by atoms with Crippen molar-refractivity contribution < 1.29 is 19.1 Å². The summed E-state index contributed by atoms with van der Waals surface area (Å²) in [4.78, 5) is 29.8. The molecule has 0 N–H and O–H groups in total. The maximum Gasteiger partial charge on any atom is 0.228 e. The van der Waals surface area contributed by atoms with Crippen molar-refractivity contribution in [2.45, 2.75) is 32.2 Å². The van der Waals surface area contributed by atoms with Crippen molar-refractivity contribution in [2.24, 2.45) is 5.92 Å². The zero-order valence-corrected chi connectivity index (χ0v) is 17.5. The van der Waals surface area contributed by atoms with E-state index in [1.807, 2.05) is 60.4 Å². The number of para-hydroxylation sites is 2. The average Bonchev–Trinajstić information content (AvgIpc) is 3.41. The van der Waals surface area contributed by atoms with E-state index in [9.17, 15) is 9.59 Å². The third-order valence-corrected chi connectivity index (χ3v) is 5.97. The molecule has 6 nitrogen and oxygen atoms in total. The van der Waals surface area contributed by atoms with Gasteiger partial charge in [-0.2, -0.15) is 0 Å². The molecule has 2 aliphatic heterocycles. The Morgan fingerprint density at radius 1 is 1.13 bits per heavy atom. The lowest BCUT2D eigenvalue weighted by molar-refractivity contribution is -0.136. The first kappa shape index (κ1) is 20.3. The van der Waals surface area contributed by atoms with Gasteiger partial charge in [-0.05, 0) is 49.6 Å². The molecule has 4 rings (SSSR count). The van der Waals surface area contributed by atoms with Gasteiger partial charge in [0.15, 0.2) is 0 Å². The fourth-order valence-electron chi connectivity index (χ4n) is 4.50. The van der Waals surface area contributed by atoms with Crippen LogP contribution in [0.2, 0.25) is 0 Å². The highest BCUT2D eigenvalue weighted by molar-refractivity contribution is 6.01. The van der Waals surface area contributed by atoms with Gasteiger partial charge in [0.2, 0.25) is 11.8 Å². The molecule has 0 aliphatic carbocycles. The number of rotatable bonds is 6. The molecule has 158 valence electrons. The minimum atomic E-state index is -0.328. The van der Waals surface area contributed by atoms with Gasteiger partial charge in [0.05, 0.1) is 31.4 Å². The first-order valence-electron chi connectivity index (χ1n) is 10.6. The van der Waals surface area contributed by atoms with Crippen molar-refractivity contribution in [1.82, 2.24) is 4.90 Å². The molecule has 6 heteroatoms. The van der Waals surface area contributed by atoms with Crippen LogP contribution in [0.4, 0.5) is 5.69 Å². The normalized spacial score (nSPS) is 21.2. The number of carbonyl (C=O) groups excluding carboxylic acids is 2. The second-order valence-electron chi connectivity index (χ2n) is 7.77. The molecule has 2 aliphatic rings. The number of benzene rings is 2. The highest BCUT2D eigenvalue weighted by Crippen LogP contribution is 2.37. The maximum absolute atomic E-state index is 13.4. The molecule has 0 spiro atoms. The third-order valence-electron chi connectivity index (χ3n) is 5.97. The fourth-order valence-corrected chi connectivity index (χ4v) is 4.50. The zero-order chi connectivity index (χ0) is 21.1. The van der Waals surface area contributed by atoms with E-state index in [0.717, 1.165) is 36.4 Å². The van der Waals surface area contributed by atoms with E-state index in [4.69, 9.17) is 9.47 Å². The Labute approximate surface area is 177 Å². The summed E-state index contributed by atoms with van der Waals surface area (Å²) in [6, 6.07) is 15.5. The van der Waals surface area contributed by atoms with Crippen molar-refractivity contribution in [2.75, 3.05) is 31.7 Å². The van der Waals surface area contributed by atoms with Crippen LogP contribution in [0.15, 0.2) is 48.5 Å². The van der Waals surface area contributed by atoms with Crippen molar-refractivity contribution in [3.8, 4) is 11.5 Å². The Hall–Kier alpha value is -3.02. The van der Waals surface area contributed by atoms with Gasteiger partial charge in [-0.15, -0.1) is 0 Å². The Bertz CT molecular complexity index is 912. The summed E-state index contributed by atoms with van der Waals surface area (Å²) in [5.74, 6) is 1.20. The highest BCUT2D eigenvalue weighted by atomic mass is 16.5. The van der Waals surface area contributed by atoms with E-state index in [2.05, 4.69) is 0 Å². The minimum absolute atomic E-state index is 0.0271. The lowest BCUT2D eigenvalue weighted by Gasteiger charge is -2.28. The first-order chi connectivity index (χ1) is 14.6. The topological polar surface area (TPSA) is 59.1 Å². The number of anilines is 1. The van der Waals surface area contributed by atoms with Crippen molar-refractivity contribution in [3.05, 3.63) is 54.1 Å². The fraction of sp³-hybridized carbons (Fsp3) is 0.417. The van der Waals surface area contributed by atoms with Crippen molar-refractivity contribution >= 4 is 17.5 Å². The molecule has 2 saturated heterocycles. The van der Waals surface area contributed by atoms with Crippen LogP contribution in [0.3, 0.4) is 0 Å². The number of hydrogen-bond acceptors (Lipinski definition) is 4. The second-order valence-corrected chi connectivity index (χ2v) is 7.77. The number of carbonyl (C=O) groups is 2. The number of likely N-dealkylation sites (tertiary alicyclic amines) is 1. The highest BCUT2D eigenvalue weighted by Gasteiger charge is 2.41. The molecule has 2 fully saturated rings. The van der Waals surface area contributed by atoms with E-state index in [1.54, 1.807) is 12.0 Å². The van der Waals surface area contributed by atoms with Crippen molar-refractivity contribution in [1.29, 1.82) is 0 Å². The second kappa shape index (κ2) is 8.78. The average molecular weight is 408 g/mol. The third kappa shape index (κ3) is 3.86. The monoisotopic (exact) mass is 408 g/mol.